The minimum atomic E-state index is -0.940. The Morgan fingerprint density at radius 3 is 2.30 bits per heavy atom. The predicted octanol–water partition coefficient (Wildman–Crippen LogP) is 2.05. The Labute approximate surface area is 136 Å². The maximum atomic E-state index is 11.4. The van der Waals surface area contributed by atoms with Crippen molar-refractivity contribution in [3.63, 3.8) is 0 Å². The summed E-state index contributed by atoms with van der Waals surface area (Å²) in [6.07, 6.45) is 1.53. The highest BCUT2D eigenvalue weighted by Gasteiger charge is 2.26. The molecule has 0 saturated carbocycles. The molecule has 0 aromatic heterocycles. The number of carbonyl (C=O) groups is 1. The molecule has 1 aromatic carbocycles. The van der Waals surface area contributed by atoms with Crippen LogP contribution in [0, 0.1) is 0 Å². The zero-order chi connectivity index (χ0) is 17.6. The quantitative estimate of drug-likeness (QED) is 0.330. The van der Waals surface area contributed by atoms with E-state index in [0.29, 0.717) is 28.6 Å². The molecule has 1 unspecified atom stereocenters. The van der Waals surface area contributed by atoms with Crippen LogP contribution in [0.3, 0.4) is 0 Å². The Hall–Kier alpha value is -2.41. The maximum absolute atomic E-state index is 11.4. The molecule has 0 aliphatic rings. The first kappa shape index (κ1) is 18.6. The van der Waals surface area contributed by atoms with Crippen LogP contribution >= 0.6 is 0 Å². The van der Waals surface area contributed by atoms with Gasteiger partial charge in [0.15, 0.2) is 5.75 Å². The molecular weight excluding hydrogens is 298 g/mol. The zero-order valence-electron chi connectivity index (χ0n) is 14.2. The lowest BCUT2D eigenvalue weighted by molar-refractivity contribution is -0.131. The number of benzene rings is 1. The van der Waals surface area contributed by atoms with Crippen LogP contribution in [0.1, 0.15) is 13.8 Å². The first-order valence-electron chi connectivity index (χ1n) is 7.21. The zero-order valence-corrected chi connectivity index (χ0v) is 14.2. The molecule has 4 N–H and O–H groups in total. The molecule has 1 aromatic rings. The van der Waals surface area contributed by atoms with E-state index in [1.807, 2.05) is 0 Å². The minimum Gasteiger partial charge on any atom is -0.479 e. The Bertz CT molecular complexity index is 589. The number of anilines is 3. The lowest BCUT2D eigenvalue weighted by Crippen LogP contribution is -2.34. The lowest BCUT2D eigenvalue weighted by Gasteiger charge is -2.28. The second kappa shape index (κ2) is 7.73. The van der Waals surface area contributed by atoms with Gasteiger partial charge in [-0.2, -0.15) is 0 Å². The summed E-state index contributed by atoms with van der Waals surface area (Å²) >= 11 is 0. The molecule has 0 aliphatic heterocycles. The van der Waals surface area contributed by atoms with Crippen molar-refractivity contribution in [2.24, 2.45) is 0 Å². The van der Waals surface area contributed by atoms with Crippen molar-refractivity contribution in [3.05, 3.63) is 18.7 Å². The van der Waals surface area contributed by atoms with E-state index in [9.17, 15) is 9.90 Å². The number of rotatable bonds is 8. The summed E-state index contributed by atoms with van der Waals surface area (Å²) < 4.78 is 11.2. The summed E-state index contributed by atoms with van der Waals surface area (Å²) in [5, 5.41) is 18.5. The average molecular weight is 323 g/mol. The van der Waals surface area contributed by atoms with Crippen LogP contribution in [-0.4, -0.2) is 44.4 Å². The van der Waals surface area contributed by atoms with Gasteiger partial charge >= 0.3 is 5.97 Å². The number of aliphatic hydroxyl groups excluding tert-OH is 1. The van der Waals surface area contributed by atoms with Crippen LogP contribution in [0.15, 0.2) is 18.7 Å². The number of esters is 1. The first-order valence-corrected chi connectivity index (χ1v) is 7.21. The third-order valence-electron chi connectivity index (χ3n) is 3.35. The topological polar surface area (TPSA) is 91.8 Å². The van der Waals surface area contributed by atoms with Gasteiger partial charge < -0.3 is 30.5 Å². The van der Waals surface area contributed by atoms with Gasteiger partial charge in [0.1, 0.15) is 22.7 Å². The number of aliphatic hydroxyl groups is 1. The smallest absolute Gasteiger partial charge is 0.308 e. The van der Waals surface area contributed by atoms with E-state index in [1.165, 1.54) is 13.0 Å². The normalized spacial score (nSPS) is 12.8. The third-order valence-corrected chi connectivity index (χ3v) is 3.35. The SMILES string of the molecule is C=CC(C)(CO)Oc1cc(NC)c(OC(C)=O)c(NC)c1NC. The molecule has 1 atom stereocenters. The molecule has 23 heavy (non-hydrogen) atoms. The Kier molecular flexibility index (Phi) is 6.27. The number of hydrogen-bond acceptors (Lipinski definition) is 7. The highest BCUT2D eigenvalue weighted by atomic mass is 16.5. The van der Waals surface area contributed by atoms with E-state index in [0.717, 1.165) is 0 Å². The number of hydrogen-bond donors (Lipinski definition) is 4. The fraction of sp³-hybridized carbons (Fsp3) is 0.438. The van der Waals surface area contributed by atoms with Crippen molar-refractivity contribution in [1.29, 1.82) is 0 Å². The highest BCUT2D eigenvalue weighted by molar-refractivity contribution is 5.90. The van der Waals surface area contributed by atoms with E-state index in [-0.39, 0.29) is 6.61 Å². The molecule has 7 heteroatoms. The van der Waals surface area contributed by atoms with Gasteiger partial charge in [-0.05, 0) is 13.0 Å². The first-order chi connectivity index (χ1) is 10.9. The number of nitrogens with one attached hydrogen (secondary N) is 3. The molecular formula is C16H25N3O4. The van der Waals surface area contributed by atoms with Crippen molar-refractivity contribution in [2.75, 3.05) is 43.7 Å². The molecule has 1 rings (SSSR count). The highest BCUT2D eigenvalue weighted by Crippen LogP contribution is 2.46. The molecule has 0 bridgehead atoms. The van der Waals surface area contributed by atoms with Crippen molar-refractivity contribution >= 4 is 23.0 Å². The molecule has 0 spiro atoms. The molecule has 128 valence electrons. The fourth-order valence-corrected chi connectivity index (χ4v) is 2.03. The Balaban J connectivity index is 3.53. The van der Waals surface area contributed by atoms with Gasteiger partial charge in [0.05, 0.1) is 12.3 Å². The van der Waals surface area contributed by atoms with Crippen molar-refractivity contribution in [1.82, 2.24) is 0 Å². The average Bonchev–Trinajstić information content (AvgIpc) is 2.54. The van der Waals surface area contributed by atoms with Gasteiger partial charge in [-0.3, -0.25) is 4.79 Å². The van der Waals surface area contributed by atoms with Gasteiger partial charge in [0, 0.05) is 34.1 Å². The lowest BCUT2D eigenvalue weighted by atomic mass is 10.1. The molecule has 0 saturated heterocycles. The Morgan fingerprint density at radius 1 is 1.30 bits per heavy atom. The summed E-state index contributed by atoms with van der Waals surface area (Å²) in [7, 11) is 5.15. The van der Waals surface area contributed by atoms with Gasteiger partial charge in [0.25, 0.3) is 0 Å². The van der Waals surface area contributed by atoms with Gasteiger partial charge in [-0.25, -0.2) is 0 Å². The van der Waals surface area contributed by atoms with Crippen LogP contribution < -0.4 is 25.4 Å². The number of ether oxygens (including phenoxy) is 2. The fourth-order valence-electron chi connectivity index (χ4n) is 2.03. The van der Waals surface area contributed by atoms with Crippen LogP contribution in [0.5, 0.6) is 11.5 Å². The van der Waals surface area contributed by atoms with E-state index >= 15 is 0 Å². The largest absolute Gasteiger partial charge is 0.479 e. The van der Waals surface area contributed by atoms with Crippen molar-refractivity contribution in [2.45, 2.75) is 19.4 Å². The molecule has 0 heterocycles. The molecule has 7 nitrogen and oxygen atoms in total. The summed E-state index contributed by atoms with van der Waals surface area (Å²) in [5.74, 6) is 0.414. The van der Waals surface area contributed by atoms with E-state index < -0.39 is 11.6 Å². The minimum absolute atomic E-state index is 0.227. The van der Waals surface area contributed by atoms with Crippen molar-refractivity contribution in [3.8, 4) is 11.5 Å². The summed E-state index contributed by atoms with van der Waals surface area (Å²) in [5.41, 5.74) is 0.797. The van der Waals surface area contributed by atoms with Gasteiger partial charge in [-0.15, -0.1) is 0 Å². The van der Waals surface area contributed by atoms with Crippen LogP contribution in [0.4, 0.5) is 17.1 Å². The second-order valence-electron chi connectivity index (χ2n) is 5.12. The van der Waals surface area contributed by atoms with Crippen LogP contribution in [-0.2, 0) is 4.79 Å². The van der Waals surface area contributed by atoms with E-state index in [4.69, 9.17) is 9.47 Å². The molecule has 0 fully saturated rings. The van der Waals surface area contributed by atoms with Crippen LogP contribution in [0.2, 0.25) is 0 Å². The monoisotopic (exact) mass is 323 g/mol. The van der Waals surface area contributed by atoms with Gasteiger partial charge in [-0.1, -0.05) is 6.58 Å². The summed E-state index contributed by atoms with van der Waals surface area (Å²) in [6, 6.07) is 1.70. The predicted molar refractivity (Wildman–Crippen MR) is 92.7 cm³/mol. The molecule has 0 aliphatic carbocycles. The van der Waals surface area contributed by atoms with Crippen molar-refractivity contribution < 1.29 is 19.4 Å². The van der Waals surface area contributed by atoms with E-state index in [1.54, 1.807) is 34.1 Å². The number of carbonyl (C=O) groups excluding carboxylic acids is 1. The van der Waals surface area contributed by atoms with E-state index in [2.05, 4.69) is 22.5 Å². The Morgan fingerprint density at radius 2 is 1.91 bits per heavy atom. The van der Waals surface area contributed by atoms with Gasteiger partial charge in [0.2, 0.25) is 0 Å². The summed E-state index contributed by atoms with van der Waals surface area (Å²) in [6.45, 7) is 6.52. The van der Waals surface area contributed by atoms with Crippen LogP contribution in [0.25, 0.3) is 0 Å². The summed E-state index contributed by atoms with van der Waals surface area (Å²) in [4.78, 5) is 11.4. The second-order valence-corrected chi connectivity index (χ2v) is 5.12. The third kappa shape index (κ3) is 4.07. The molecule has 0 radical (unpaired) electrons. The molecule has 0 amide bonds. The maximum Gasteiger partial charge on any atom is 0.308 e. The standard InChI is InChI=1S/C16H25N3O4/c1-7-16(3,9-20)23-12-8-11(17-4)15(22-10(2)21)14(19-6)13(12)18-5/h7-8,17-20H,1,9H2,2-6H3.